The Morgan fingerprint density at radius 1 is 1.07 bits per heavy atom. The van der Waals surface area contributed by atoms with Crippen LogP contribution in [0.5, 0.6) is 0 Å². The number of aryl methyl sites for hydroxylation is 1. The summed E-state index contributed by atoms with van der Waals surface area (Å²) in [6.07, 6.45) is 8.60. The van der Waals surface area contributed by atoms with Crippen LogP contribution in [-0.4, -0.2) is 29.7 Å². The van der Waals surface area contributed by atoms with Gasteiger partial charge >= 0.3 is 0 Å². The second kappa shape index (κ2) is 7.94. The van der Waals surface area contributed by atoms with Crippen molar-refractivity contribution in [2.75, 3.05) is 10.7 Å². The van der Waals surface area contributed by atoms with Gasteiger partial charge in [-0.05, 0) is 27.6 Å². The number of anilines is 2. The fraction of sp³-hybridized carbons (Fsp3) is 0.105. The van der Waals surface area contributed by atoms with E-state index < -0.39 is 0 Å². The highest BCUT2D eigenvalue weighted by Gasteiger charge is 2.14. The first-order valence-electron chi connectivity index (χ1n) is 8.70. The third-order valence-electron chi connectivity index (χ3n) is 4.21. The molecule has 9 nitrogen and oxygen atoms in total. The summed E-state index contributed by atoms with van der Waals surface area (Å²) in [5, 5.41) is 5.64. The van der Waals surface area contributed by atoms with Gasteiger partial charge in [-0.15, -0.1) is 0 Å². The number of halogens is 1. The molecule has 4 aromatic rings. The third-order valence-corrected chi connectivity index (χ3v) is 4.62. The van der Waals surface area contributed by atoms with Crippen molar-refractivity contribution in [3.8, 4) is 22.6 Å². The van der Waals surface area contributed by atoms with Crippen molar-refractivity contribution in [2.24, 2.45) is 12.9 Å². The summed E-state index contributed by atoms with van der Waals surface area (Å²) < 4.78 is 2.52. The summed E-state index contributed by atoms with van der Waals surface area (Å²) in [7, 11) is 1.84. The van der Waals surface area contributed by atoms with Crippen LogP contribution >= 0.6 is 15.9 Å². The van der Waals surface area contributed by atoms with E-state index in [-0.39, 0.29) is 5.82 Å². The third kappa shape index (κ3) is 4.23. The molecule has 4 N–H and O–H groups in total. The van der Waals surface area contributed by atoms with Gasteiger partial charge in [0.2, 0.25) is 0 Å². The average Bonchev–Trinajstić information content (AvgIpc) is 3.15. The summed E-state index contributed by atoms with van der Waals surface area (Å²) in [5.74, 6) is 7.57. The normalized spacial score (nSPS) is 10.9. The predicted molar refractivity (Wildman–Crippen MR) is 114 cm³/mol. The summed E-state index contributed by atoms with van der Waals surface area (Å²) in [4.78, 5) is 17.5. The number of hydrazine groups is 1. The van der Waals surface area contributed by atoms with Gasteiger partial charge in [0.1, 0.15) is 0 Å². The smallest absolute Gasteiger partial charge is 0.186 e. The van der Waals surface area contributed by atoms with E-state index in [9.17, 15) is 0 Å². The Kier molecular flexibility index (Phi) is 5.19. The largest absolute Gasteiger partial charge is 0.381 e. The Balaban J connectivity index is 1.59. The number of benzene rings is 1. The molecular formula is C19H18BrN9. The lowest BCUT2D eigenvalue weighted by molar-refractivity contribution is 0.768. The summed E-state index contributed by atoms with van der Waals surface area (Å²) in [6, 6.07) is 7.84. The molecule has 0 unspecified atom stereocenters. The lowest BCUT2D eigenvalue weighted by Crippen LogP contribution is -2.32. The van der Waals surface area contributed by atoms with Crippen LogP contribution in [0.4, 0.5) is 11.6 Å². The zero-order valence-corrected chi connectivity index (χ0v) is 17.2. The van der Waals surface area contributed by atoms with Crippen molar-refractivity contribution in [2.45, 2.75) is 6.54 Å². The minimum Gasteiger partial charge on any atom is -0.381 e. The van der Waals surface area contributed by atoms with Crippen LogP contribution in [0.25, 0.3) is 22.6 Å². The van der Waals surface area contributed by atoms with Crippen LogP contribution in [0.15, 0.2) is 59.7 Å². The van der Waals surface area contributed by atoms with Crippen LogP contribution < -0.4 is 16.6 Å². The number of nitrogens with two attached hydrogens (primary N) is 2. The van der Waals surface area contributed by atoms with Gasteiger partial charge in [-0.3, -0.25) is 9.69 Å². The van der Waals surface area contributed by atoms with Crippen LogP contribution in [0.1, 0.15) is 5.56 Å². The molecule has 0 saturated carbocycles. The highest BCUT2D eigenvalue weighted by molar-refractivity contribution is 9.10. The minimum absolute atomic E-state index is 0.257. The van der Waals surface area contributed by atoms with Crippen LogP contribution in [0.3, 0.4) is 0 Å². The molecule has 4 rings (SSSR count). The van der Waals surface area contributed by atoms with Gasteiger partial charge in [0.25, 0.3) is 0 Å². The number of rotatable bonds is 5. The zero-order chi connectivity index (χ0) is 20.4. The van der Waals surface area contributed by atoms with Crippen LogP contribution in [-0.2, 0) is 13.6 Å². The molecule has 0 fully saturated rings. The molecule has 10 heteroatoms. The molecule has 0 aliphatic heterocycles. The monoisotopic (exact) mass is 451 g/mol. The van der Waals surface area contributed by atoms with E-state index in [1.165, 1.54) is 5.01 Å². The number of aromatic nitrogens is 6. The van der Waals surface area contributed by atoms with E-state index in [2.05, 4.69) is 41.0 Å². The van der Waals surface area contributed by atoms with Crippen molar-refractivity contribution in [1.82, 2.24) is 29.7 Å². The van der Waals surface area contributed by atoms with E-state index in [4.69, 9.17) is 11.6 Å². The second-order valence-corrected chi connectivity index (χ2v) is 7.34. The fourth-order valence-electron chi connectivity index (χ4n) is 2.83. The number of nitrogens with zero attached hydrogens (tertiary/aromatic N) is 7. The fourth-order valence-corrected chi connectivity index (χ4v) is 3.04. The molecule has 1 aromatic carbocycles. The van der Waals surface area contributed by atoms with E-state index in [1.54, 1.807) is 29.5 Å². The second-order valence-electron chi connectivity index (χ2n) is 6.42. The maximum absolute atomic E-state index is 6.28. The standard InChI is InChI=1S/C19H18BrN9/c1-28-11-14(6-26-28)16-9-23-17(21)19(27-16)29(22)10-12-3-2-4-13(5-12)18-24-7-15(20)8-25-18/h2-9,11H,10,22H2,1H3,(H2,21,23). The summed E-state index contributed by atoms with van der Waals surface area (Å²) >= 11 is 3.34. The topological polar surface area (TPSA) is 125 Å². The molecule has 3 aromatic heterocycles. The molecule has 146 valence electrons. The molecule has 29 heavy (non-hydrogen) atoms. The molecule has 0 spiro atoms. The SMILES string of the molecule is Cn1cc(-c2cnc(N)c(N(N)Cc3cccc(-c4ncc(Br)cn4)c3)n2)cn1. The van der Waals surface area contributed by atoms with Gasteiger partial charge < -0.3 is 5.73 Å². The van der Waals surface area contributed by atoms with Crippen molar-refractivity contribution >= 4 is 27.6 Å². The quantitative estimate of drug-likeness (QED) is 0.350. The van der Waals surface area contributed by atoms with E-state index in [0.29, 0.717) is 23.9 Å². The van der Waals surface area contributed by atoms with Crippen LogP contribution in [0.2, 0.25) is 0 Å². The van der Waals surface area contributed by atoms with Crippen molar-refractivity contribution in [3.05, 3.63) is 65.3 Å². The highest BCUT2D eigenvalue weighted by Crippen LogP contribution is 2.24. The summed E-state index contributed by atoms with van der Waals surface area (Å²) in [5.41, 5.74) is 9.36. The molecule has 0 aliphatic rings. The van der Waals surface area contributed by atoms with Crippen molar-refractivity contribution in [1.29, 1.82) is 0 Å². The maximum Gasteiger partial charge on any atom is 0.186 e. The molecule has 3 heterocycles. The molecule has 0 atom stereocenters. The first kappa shape index (κ1) is 19.0. The number of hydrogen-bond acceptors (Lipinski definition) is 8. The predicted octanol–water partition coefficient (Wildman–Crippen LogP) is 2.56. The Bertz CT molecular complexity index is 1140. The van der Waals surface area contributed by atoms with E-state index in [0.717, 1.165) is 21.2 Å². The molecule has 0 bridgehead atoms. The van der Waals surface area contributed by atoms with E-state index in [1.807, 2.05) is 37.5 Å². The minimum atomic E-state index is 0.257. The molecule has 0 radical (unpaired) electrons. The molecule has 0 saturated heterocycles. The Morgan fingerprint density at radius 3 is 2.59 bits per heavy atom. The Hall–Kier alpha value is -3.37. The van der Waals surface area contributed by atoms with Gasteiger partial charge in [0, 0.05) is 36.8 Å². The zero-order valence-electron chi connectivity index (χ0n) is 15.6. The Labute approximate surface area is 175 Å². The lowest BCUT2D eigenvalue weighted by atomic mass is 10.1. The lowest BCUT2D eigenvalue weighted by Gasteiger charge is -2.19. The molecule has 0 aliphatic carbocycles. The number of hydrogen-bond donors (Lipinski definition) is 2. The molecule has 0 amide bonds. The van der Waals surface area contributed by atoms with Gasteiger partial charge in [-0.2, -0.15) is 5.10 Å². The van der Waals surface area contributed by atoms with Gasteiger partial charge in [0.05, 0.1) is 29.1 Å². The first-order valence-corrected chi connectivity index (χ1v) is 9.49. The molecular weight excluding hydrogens is 434 g/mol. The average molecular weight is 452 g/mol. The number of nitrogen functional groups attached to an aromatic ring is 1. The Morgan fingerprint density at radius 2 is 1.86 bits per heavy atom. The highest BCUT2D eigenvalue weighted by atomic mass is 79.9. The maximum atomic E-state index is 6.28. The summed E-state index contributed by atoms with van der Waals surface area (Å²) in [6.45, 7) is 0.389. The van der Waals surface area contributed by atoms with Gasteiger partial charge in [-0.1, -0.05) is 18.2 Å². The van der Waals surface area contributed by atoms with Gasteiger partial charge in [-0.25, -0.2) is 25.8 Å². The van der Waals surface area contributed by atoms with Crippen molar-refractivity contribution < 1.29 is 0 Å². The van der Waals surface area contributed by atoms with Gasteiger partial charge in [0.15, 0.2) is 17.5 Å². The first-order chi connectivity index (χ1) is 14.0. The van der Waals surface area contributed by atoms with Crippen LogP contribution in [0, 0.1) is 0 Å². The van der Waals surface area contributed by atoms with E-state index >= 15 is 0 Å². The van der Waals surface area contributed by atoms with Crippen molar-refractivity contribution in [3.63, 3.8) is 0 Å².